The average Bonchev–Trinajstić information content (AvgIpc) is 2.52. The molecule has 1 aromatic rings. The molecule has 1 aromatic heterocycles. The molecule has 0 unspecified atom stereocenters. The summed E-state index contributed by atoms with van der Waals surface area (Å²) in [4.78, 5) is 50.0. The van der Waals surface area contributed by atoms with E-state index in [1.54, 1.807) is 0 Å². The zero-order valence-electron chi connectivity index (χ0n) is 13.7. The van der Waals surface area contributed by atoms with Gasteiger partial charge in [0.15, 0.2) is 5.69 Å². The molecule has 3 N–H and O–H groups in total. The van der Waals surface area contributed by atoms with Crippen LogP contribution in [0.3, 0.4) is 0 Å². The van der Waals surface area contributed by atoms with Crippen LogP contribution in [0.4, 0.5) is 11.5 Å². The summed E-state index contributed by atoms with van der Waals surface area (Å²) in [5, 5.41) is 10.6. The van der Waals surface area contributed by atoms with Crippen molar-refractivity contribution in [2.45, 2.75) is 32.7 Å². The Morgan fingerprint density at radius 1 is 1.33 bits per heavy atom. The Morgan fingerprint density at radius 3 is 2.54 bits per heavy atom. The number of nitrogens with one attached hydrogen (secondary N) is 1. The number of aromatic nitrogens is 2. The number of nitrogens with zero attached hydrogens (tertiary/aromatic N) is 2. The fourth-order valence-electron chi connectivity index (χ4n) is 2.17. The topological polar surface area (TPSA) is 151 Å². The monoisotopic (exact) mass is 341 g/mol. The lowest BCUT2D eigenvalue weighted by molar-refractivity contribution is -0.305. The molecule has 0 fully saturated rings. The summed E-state index contributed by atoms with van der Waals surface area (Å²) >= 11 is 0. The summed E-state index contributed by atoms with van der Waals surface area (Å²) in [6, 6.07) is 0. The van der Waals surface area contributed by atoms with Crippen molar-refractivity contribution in [2.24, 2.45) is 0 Å². The lowest BCUT2D eigenvalue weighted by Gasteiger charge is -2.24. The van der Waals surface area contributed by atoms with Crippen LogP contribution in [0, 0.1) is 0 Å². The van der Waals surface area contributed by atoms with Crippen molar-refractivity contribution in [3.8, 4) is 0 Å². The van der Waals surface area contributed by atoms with Gasteiger partial charge in [-0.25, -0.2) is 4.79 Å². The minimum Gasteiger partial charge on any atom is -0.550 e. The molecule has 0 aliphatic heterocycles. The molecule has 10 heteroatoms. The number of aromatic amines is 1. The highest BCUT2D eigenvalue weighted by Gasteiger charge is 2.23. The molecule has 0 saturated heterocycles. The third-order valence-electron chi connectivity index (χ3n) is 3.29. The van der Waals surface area contributed by atoms with Crippen LogP contribution >= 0.6 is 0 Å². The molecule has 0 bridgehead atoms. The second kappa shape index (κ2) is 8.87. The number of nitrogen functional groups attached to an aromatic ring is 1. The molecule has 0 aliphatic carbocycles. The van der Waals surface area contributed by atoms with Gasteiger partial charge in [0.05, 0.1) is 6.61 Å². The Kier molecular flexibility index (Phi) is 7.18. The largest absolute Gasteiger partial charge is 0.550 e. The van der Waals surface area contributed by atoms with E-state index in [4.69, 9.17) is 10.5 Å². The van der Waals surface area contributed by atoms with Gasteiger partial charge in [-0.3, -0.25) is 19.1 Å². The maximum Gasteiger partial charge on any atom is 0.330 e. The number of carbonyl (C=O) groups is 2. The van der Waals surface area contributed by atoms with Gasteiger partial charge in [-0.15, -0.1) is 0 Å². The number of anilines is 2. The van der Waals surface area contributed by atoms with Crippen LogP contribution in [-0.2, 0) is 20.9 Å². The number of aliphatic carboxylic acids is 1. The highest BCUT2D eigenvalue weighted by Crippen LogP contribution is 2.18. The molecule has 0 aromatic carbocycles. The fourth-order valence-corrected chi connectivity index (χ4v) is 2.17. The molecule has 1 heterocycles. The van der Waals surface area contributed by atoms with E-state index in [-0.39, 0.29) is 37.6 Å². The van der Waals surface area contributed by atoms with Crippen molar-refractivity contribution >= 4 is 23.4 Å². The number of nitrogens with two attached hydrogens (primary N) is 1. The predicted octanol–water partition coefficient (Wildman–Crippen LogP) is -1.96. The first-order chi connectivity index (χ1) is 11.3. The van der Waals surface area contributed by atoms with Crippen LogP contribution < -0.4 is 27.0 Å². The SMILES string of the molecule is CCCn1c(N)c(N(CCOC)C(=O)CCC(=O)[O-])c(=O)[nH]c1=O. The van der Waals surface area contributed by atoms with Crippen LogP contribution in [-0.4, -0.2) is 41.7 Å². The number of rotatable bonds is 9. The third-order valence-corrected chi connectivity index (χ3v) is 3.29. The molecule has 0 spiro atoms. The number of ether oxygens (including phenoxy) is 1. The van der Waals surface area contributed by atoms with Crippen molar-refractivity contribution in [1.29, 1.82) is 0 Å². The first-order valence-electron chi connectivity index (χ1n) is 7.45. The molecule has 0 atom stereocenters. The van der Waals surface area contributed by atoms with Crippen molar-refractivity contribution in [2.75, 3.05) is 30.9 Å². The summed E-state index contributed by atoms with van der Waals surface area (Å²) in [6.45, 7) is 2.17. The Balaban J connectivity index is 3.33. The van der Waals surface area contributed by atoms with Crippen LogP contribution in [0.15, 0.2) is 9.59 Å². The van der Waals surface area contributed by atoms with Gasteiger partial charge in [0, 0.05) is 32.6 Å². The Morgan fingerprint density at radius 2 is 2.00 bits per heavy atom. The lowest BCUT2D eigenvalue weighted by atomic mass is 10.2. The first-order valence-corrected chi connectivity index (χ1v) is 7.45. The maximum atomic E-state index is 12.3. The highest BCUT2D eigenvalue weighted by molar-refractivity contribution is 5.96. The van der Waals surface area contributed by atoms with Crippen molar-refractivity contribution in [1.82, 2.24) is 9.55 Å². The predicted molar refractivity (Wildman–Crippen MR) is 84.5 cm³/mol. The molecule has 1 rings (SSSR count). The van der Waals surface area contributed by atoms with Gasteiger partial charge in [-0.1, -0.05) is 6.92 Å². The minimum absolute atomic E-state index is 0.0139. The second-order valence-corrected chi connectivity index (χ2v) is 5.05. The van der Waals surface area contributed by atoms with Gasteiger partial charge in [0.1, 0.15) is 5.82 Å². The standard InChI is InChI=1S/C14H22N4O6/c1-3-6-18-12(15)11(13(22)16-14(18)23)17(7-8-24-2)9(19)4-5-10(20)21/h3-8,15H2,1-2H3,(H,20,21)(H,16,22,23)/p-1. The highest BCUT2D eigenvalue weighted by atomic mass is 16.5. The first kappa shape index (κ1) is 19.4. The summed E-state index contributed by atoms with van der Waals surface area (Å²) in [7, 11) is 1.41. The average molecular weight is 341 g/mol. The van der Waals surface area contributed by atoms with Crippen LogP contribution in [0.1, 0.15) is 26.2 Å². The quantitative estimate of drug-likeness (QED) is 0.529. The van der Waals surface area contributed by atoms with E-state index >= 15 is 0 Å². The summed E-state index contributed by atoms with van der Waals surface area (Å²) in [6.07, 6.45) is -0.265. The molecule has 0 saturated carbocycles. The zero-order valence-corrected chi connectivity index (χ0v) is 13.7. The Labute approximate surface area is 137 Å². The van der Waals surface area contributed by atoms with E-state index in [1.807, 2.05) is 6.92 Å². The fraction of sp³-hybridized carbons (Fsp3) is 0.571. The van der Waals surface area contributed by atoms with Gasteiger partial charge in [-0.05, 0) is 12.8 Å². The lowest BCUT2D eigenvalue weighted by Crippen LogP contribution is -2.42. The van der Waals surface area contributed by atoms with Crippen molar-refractivity contribution in [3.63, 3.8) is 0 Å². The molecule has 0 aliphatic rings. The molecule has 10 nitrogen and oxygen atoms in total. The third kappa shape index (κ3) is 4.69. The van der Waals surface area contributed by atoms with Gasteiger partial charge in [0.25, 0.3) is 5.56 Å². The zero-order chi connectivity index (χ0) is 18.3. The molecule has 0 radical (unpaired) electrons. The van der Waals surface area contributed by atoms with Gasteiger partial charge < -0.3 is 25.3 Å². The number of carbonyl (C=O) groups excluding carboxylic acids is 2. The van der Waals surface area contributed by atoms with Gasteiger partial charge in [-0.2, -0.15) is 0 Å². The van der Waals surface area contributed by atoms with Crippen LogP contribution in [0.2, 0.25) is 0 Å². The number of carboxylic acid groups (broad SMARTS) is 1. The van der Waals surface area contributed by atoms with E-state index < -0.39 is 29.5 Å². The minimum atomic E-state index is -1.38. The van der Waals surface area contributed by atoms with Crippen LogP contribution in [0.5, 0.6) is 0 Å². The Hall–Kier alpha value is -2.62. The van der Waals surface area contributed by atoms with E-state index in [2.05, 4.69) is 4.98 Å². The van der Waals surface area contributed by atoms with Crippen molar-refractivity contribution < 1.29 is 19.4 Å². The second-order valence-electron chi connectivity index (χ2n) is 5.05. The Bertz CT molecular complexity index is 708. The number of carboxylic acids is 1. The molecule has 134 valence electrons. The number of hydrogen-bond donors (Lipinski definition) is 2. The van der Waals surface area contributed by atoms with Gasteiger partial charge >= 0.3 is 5.69 Å². The van der Waals surface area contributed by atoms with Crippen molar-refractivity contribution in [3.05, 3.63) is 20.8 Å². The summed E-state index contributed by atoms with van der Waals surface area (Å²) < 4.78 is 6.06. The molecular weight excluding hydrogens is 320 g/mol. The van der Waals surface area contributed by atoms with E-state index in [9.17, 15) is 24.3 Å². The molecular formula is C14H21N4O6-. The van der Waals surface area contributed by atoms with E-state index in [0.717, 1.165) is 9.47 Å². The molecule has 1 amide bonds. The summed E-state index contributed by atoms with van der Waals surface area (Å²) in [5.41, 5.74) is 4.24. The molecule has 24 heavy (non-hydrogen) atoms. The van der Waals surface area contributed by atoms with Gasteiger partial charge in [0.2, 0.25) is 5.91 Å². The number of methoxy groups -OCH3 is 1. The normalized spacial score (nSPS) is 10.6. The summed E-state index contributed by atoms with van der Waals surface area (Å²) in [5.74, 6) is -2.16. The van der Waals surface area contributed by atoms with E-state index in [1.165, 1.54) is 7.11 Å². The maximum absolute atomic E-state index is 12.3. The van der Waals surface area contributed by atoms with Crippen LogP contribution in [0.25, 0.3) is 0 Å². The number of hydrogen-bond acceptors (Lipinski definition) is 7. The number of H-pyrrole nitrogens is 1. The number of amides is 1. The smallest absolute Gasteiger partial charge is 0.330 e. The van der Waals surface area contributed by atoms with E-state index in [0.29, 0.717) is 6.42 Å².